The van der Waals surface area contributed by atoms with E-state index in [0.717, 1.165) is 29.5 Å². The van der Waals surface area contributed by atoms with Gasteiger partial charge in [-0.3, -0.25) is 0 Å². The third kappa shape index (κ3) is 2.02. The van der Waals surface area contributed by atoms with Crippen molar-refractivity contribution < 1.29 is 4.39 Å². The molecule has 4 heteroatoms. The Balaban J connectivity index is 1.96. The van der Waals surface area contributed by atoms with Crippen molar-refractivity contribution in [1.29, 1.82) is 0 Å². The summed E-state index contributed by atoms with van der Waals surface area (Å²) < 4.78 is 15.1. The molecular formula is C14H13BrFNS. The van der Waals surface area contributed by atoms with Crippen LogP contribution in [0.1, 0.15) is 10.4 Å². The molecule has 1 saturated heterocycles. The zero-order valence-corrected chi connectivity index (χ0v) is 12.2. The number of benzene rings is 1. The normalized spacial score (nSPS) is 17.4. The zero-order valence-electron chi connectivity index (χ0n) is 9.75. The second-order valence-corrected chi connectivity index (χ2v) is 6.59. The highest BCUT2D eigenvalue weighted by atomic mass is 79.9. The summed E-state index contributed by atoms with van der Waals surface area (Å²) in [5.41, 5.74) is 0.752. The predicted octanol–water partition coefficient (Wildman–Crippen LogP) is 3.73. The highest BCUT2D eigenvalue weighted by Gasteiger charge is 2.41. The minimum absolute atomic E-state index is 0.0846. The van der Waals surface area contributed by atoms with Gasteiger partial charge in [-0.1, -0.05) is 18.2 Å². The fraction of sp³-hybridized carbons (Fsp3) is 0.286. The lowest BCUT2D eigenvalue weighted by molar-refractivity contribution is 0.267. The topological polar surface area (TPSA) is 12.0 Å². The number of thiophene rings is 1. The van der Waals surface area contributed by atoms with E-state index in [1.54, 1.807) is 23.5 Å². The molecule has 0 spiro atoms. The first-order valence-electron chi connectivity index (χ1n) is 5.89. The van der Waals surface area contributed by atoms with Crippen molar-refractivity contribution in [3.63, 3.8) is 0 Å². The molecule has 18 heavy (non-hydrogen) atoms. The average molecular weight is 326 g/mol. The van der Waals surface area contributed by atoms with E-state index in [9.17, 15) is 4.39 Å². The Hall–Kier alpha value is -0.710. The van der Waals surface area contributed by atoms with Gasteiger partial charge in [0.25, 0.3) is 0 Å². The molecule has 1 N–H and O–H groups in total. The first-order valence-corrected chi connectivity index (χ1v) is 7.56. The lowest BCUT2D eigenvalue weighted by Gasteiger charge is -2.43. The molecule has 0 aliphatic carbocycles. The van der Waals surface area contributed by atoms with Crippen LogP contribution in [0.4, 0.5) is 4.39 Å². The van der Waals surface area contributed by atoms with Gasteiger partial charge in [-0.25, -0.2) is 4.39 Å². The van der Waals surface area contributed by atoms with Crippen LogP contribution < -0.4 is 5.32 Å². The van der Waals surface area contributed by atoms with Crippen molar-refractivity contribution in [2.75, 3.05) is 13.1 Å². The smallest absolute Gasteiger partial charge is 0.127 e. The molecule has 2 heterocycles. The van der Waals surface area contributed by atoms with Crippen LogP contribution in [0.3, 0.4) is 0 Å². The quantitative estimate of drug-likeness (QED) is 0.906. The van der Waals surface area contributed by atoms with E-state index in [1.165, 1.54) is 4.88 Å². The van der Waals surface area contributed by atoms with Crippen molar-refractivity contribution in [2.45, 2.75) is 11.8 Å². The van der Waals surface area contributed by atoms with E-state index in [4.69, 9.17) is 0 Å². The fourth-order valence-electron chi connectivity index (χ4n) is 2.49. The Bertz CT molecular complexity index is 562. The third-order valence-corrected chi connectivity index (χ3v) is 5.49. The van der Waals surface area contributed by atoms with Gasteiger partial charge in [0, 0.05) is 27.9 Å². The second-order valence-electron chi connectivity index (χ2n) is 4.73. The Morgan fingerprint density at radius 1 is 1.28 bits per heavy atom. The molecule has 2 aromatic rings. The molecule has 94 valence electrons. The third-order valence-electron chi connectivity index (χ3n) is 3.56. The predicted molar refractivity (Wildman–Crippen MR) is 76.7 cm³/mol. The van der Waals surface area contributed by atoms with Gasteiger partial charge in [0.2, 0.25) is 0 Å². The maximum atomic E-state index is 14.0. The van der Waals surface area contributed by atoms with Gasteiger partial charge in [0.15, 0.2) is 0 Å². The fourth-order valence-corrected chi connectivity index (χ4v) is 4.12. The Kier molecular flexibility index (Phi) is 3.26. The summed E-state index contributed by atoms with van der Waals surface area (Å²) in [4.78, 5) is 1.29. The largest absolute Gasteiger partial charge is 0.315 e. The maximum Gasteiger partial charge on any atom is 0.127 e. The lowest BCUT2D eigenvalue weighted by Crippen LogP contribution is -2.58. The van der Waals surface area contributed by atoms with Crippen LogP contribution in [0.25, 0.3) is 0 Å². The van der Waals surface area contributed by atoms with Crippen LogP contribution in [-0.4, -0.2) is 13.1 Å². The molecule has 1 aromatic carbocycles. The minimum atomic E-state index is -0.0910. The lowest BCUT2D eigenvalue weighted by atomic mass is 9.72. The van der Waals surface area contributed by atoms with Crippen LogP contribution in [0.15, 0.2) is 40.2 Å². The van der Waals surface area contributed by atoms with Crippen molar-refractivity contribution in [3.8, 4) is 0 Å². The summed E-state index contributed by atoms with van der Waals surface area (Å²) in [5.74, 6) is -0.0910. The molecule has 0 unspecified atom stereocenters. The highest BCUT2D eigenvalue weighted by Crippen LogP contribution is 2.37. The summed E-state index contributed by atoms with van der Waals surface area (Å²) in [6.07, 6.45) is 0.888. The average Bonchev–Trinajstić information content (AvgIpc) is 2.71. The summed E-state index contributed by atoms with van der Waals surface area (Å²) >= 11 is 5.29. The number of rotatable bonds is 3. The van der Waals surface area contributed by atoms with Crippen LogP contribution in [0.5, 0.6) is 0 Å². The number of nitrogens with one attached hydrogen (secondary N) is 1. The monoisotopic (exact) mass is 325 g/mol. The first-order chi connectivity index (χ1) is 8.71. The van der Waals surface area contributed by atoms with E-state index in [1.807, 2.05) is 12.1 Å². The van der Waals surface area contributed by atoms with Gasteiger partial charge < -0.3 is 5.32 Å². The second kappa shape index (κ2) is 4.76. The molecular weight excluding hydrogens is 313 g/mol. The molecule has 0 atom stereocenters. The van der Waals surface area contributed by atoms with E-state index < -0.39 is 0 Å². The van der Waals surface area contributed by atoms with E-state index in [-0.39, 0.29) is 11.2 Å². The van der Waals surface area contributed by atoms with Crippen molar-refractivity contribution >= 4 is 27.3 Å². The molecule has 1 fully saturated rings. The van der Waals surface area contributed by atoms with Gasteiger partial charge in [0.05, 0.1) is 0 Å². The number of hydrogen-bond donors (Lipinski definition) is 1. The molecule has 1 aromatic heterocycles. The van der Waals surface area contributed by atoms with Crippen LogP contribution in [-0.2, 0) is 11.8 Å². The summed E-state index contributed by atoms with van der Waals surface area (Å²) in [6, 6.07) is 9.19. The van der Waals surface area contributed by atoms with Crippen LogP contribution in [0, 0.1) is 5.82 Å². The van der Waals surface area contributed by atoms with Gasteiger partial charge in [-0.15, -0.1) is 11.3 Å². The van der Waals surface area contributed by atoms with Crippen molar-refractivity contribution in [1.82, 2.24) is 5.32 Å². The molecule has 0 bridgehead atoms. The Labute approximate surface area is 118 Å². The minimum Gasteiger partial charge on any atom is -0.315 e. The van der Waals surface area contributed by atoms with E-state index in [0.29, 0.717) is 0 Å². The summed E-state index contributed by atoms with van der Waals surface area (Å²) in [7, 11) is 0. The highest BCUT2D eigenvalue weighted by molar-refractivity contribution is 9.10. The molecule has 1 nitrogen and oxygen atoms in total. The molecule has 1 aliphatic heterocycles. The van der Waals surface area contributed by atoms with Crippen molar-refractivity contribution in [2.24, 2.45) is 0 Å². The zero-order chi connectivity index (χ0) is 12.6. The number of hydrogen-bond acceptors (Lipinski definition) is 2. The number of halogens is 2. The molecule has 0 amide bonds. The maximum absolute atomic E-state index is 14.0. The summed E-state index contributed by atoms with van der Waals surface area (Å²) in [6.45, 7) is 1.69. The SMILES string of the molecule is Fc1ccccc1C1(Cc2sccc2Br)CNC1. The molecule has 0 saturated carbocycles. The van der Waals surface area contributed by atoms with Crippen molar-refractivity contribution in [3.05, 3.63) is 56.4 Å². The standard InChI is InChI=1S/C14H13BrFNS/c15-11-5-6-18-13(11)7-14(8-17-9-14)10-3-1-2-4-12(10)16/h1-6,17H,7-9H2. The van der Waals surface area contributed by atoms with Crippen LogP contribution in [0.2, 0.25) is 0 Å². The van der Waals surface area contributed by atoms with E-state index in [2.05, 4.69) is 32.7 Å². The molecule has 1 aliphatic rings. The van der Waals surface area contributed by atoms with Gasteiger partial charge in [-0.05, 0) is 45.4 Å². The van der Waals surface area contributed by atoms with Gasteiger partial charge in [0.1, 0.15) is 5.82 Å². The molecule has 3 rings (SSSR count). The van der Waals surface area contributed by atoms with Gasteiger partial charge >= 0.3 is 0 Å². The molecule has 0 radical (unpaired) electrons. The Morgan fingerprint density at radius 2 is 2.06 bits per heavy atom. The summed E-state index contributed by atoms with van der Waals surface area (Å²) in [5, 5.41) is 5.35. The van der Waals surface area contributed by atoms with E-state index >= 15 is 0 Å². The van der Waals surface area contributed by atoms with Crippen LogP contribution >= 0.6 is 27.3 Å². The Morgan fingerprint density at radius 3 is 2.61 bits per heavy atom. The first kappa shape index (κ1) is 12.3. The van der Waals surface area contributed by atoms with Gasteiger partial charge in [-0.2, -0.15) is 0 Å².